The molecule has 2 saturated carbocycles. The smallest absolute Gasteiger partial charge is 0.0454 e. The van der Waals surface area contributed by atoms with E-state index in [1.807, 2.05) is 6.92 Å². The Morgan fingerprint density at radius 3 is 2.69 bits per heavy atom. The van der Waals surface area contributed by atoms with Crippen molar-refractivity contribution < 1.29 is 0 Å². The van der Waals surface area contributed by atoms with Gasteiger partial charge in [0.25, 0.3) is 0 Å². The van der Waals surface area contributed by atoms with Crippen LogP contribution in [0.3, 0.4) is 0 Å². The Bertz CT molecular complexity index is 337. The molecule has 0 saturated heterocycles. The van der Waals surface area contributed by atoms with Crippen LogP contribution in [0.15, 0.2) is 24.3 Å². The first-order chi connectivity index (χ1) is 6.21. The Labute approximate surface area is 80.7 Å². The number of hydrogen-bond donors (Lipinski definition) is 0. The maximum absolute atomic E-state index is 4.08. The van der Waals surface area contributed by atoms with Crippen molar-refractivity contribution in [2.24, 2.45) is 10.8 Å². The van der Waals surface area contributed by atoms with Crippen molar-refractivity contribution in [2.75, 3.05) is 0 Å². The number of rotatable bonds is 2. The predicted octanol–water partition coefficient (Wildman–Crippen LogP) is 3.31. The van der Waals surface area contributed by atoms with Crippen LogP contribution >= 0.6 is 0 Å². The van der Waals surface area contributed by atoms with Gasteiger partial charge in [0.2, 0.25) is 0 Å². The molecule has 0 nitrogen and oxygen atoms in total. The molecule has 2 unspecified atom stereocenters. The number of hydrogen-bond acceptors (Lipinski definition) is 0. The predicted molar refractivity (Wildman–Crippen MR) is 56.1 cm³/mol. The van der Waals surface area contributed by atoms with E-state index in [-0.39, 0.29) is 5.41 Å². The highest BCUT2D eigenvalue weighted by Crippen LogP contribution is 2.82. The summed E-state index contributed by atoms with van der Waals surface area (Å²) in [7, 11) is 0. The van der Waals surface area contributed by atoms with Crippen molar-refractivity contribution in [2.45, 2.75) is 33.1 Å². The fourth-order valence-electron chi connectivity index (χ4n) is 2.53. The van der Waals surface area contributed by atoms with Crippen LogP contribution in [0, 0.1) is 22.7 Å². The summed E-state index contributed by atoms with van der Waals surface area (Å²) < 4.78 is 0. The Balaban J connectivity index is 2.16. The third-order valence-electron chi connectivity index (χ3n) is 3.53. The van der Waals surface area contributed by atoms with Crippen LogP contribution in [0.5, 0.6) is 0 Å². The lowest BCUT2D eigenvalue weighted by molar-refractivity contribution is 0.605. The summed E-state index contributed by atoms with van der Waals surface area (Å²) in [4.78, 5) is 0. The van der Waals surface area contributed by atoms with Crippen molar-refractivity contribution in [3.05, 3.63) is 24.3 Å². The van der Waals surface area contributed by atoms with Gasteiger partial charge in [-0.05, 0) is 33.1 Å². The fourth-order valence-corrected chi connectivity index (χ4v) is 2.53. The largest absolute Gasteiger partial charge is 0.106 e. The normalized spacial score (nSPS) is 40.6. The molecule has 0 aromatic rings. The van der Waals surface area contributed by atoms with E-state index in [9.17, 15) is 0 Å². The molecule has 0 bridgehead atoms. The fraction of sp³-hybridized carbons (Fsp3) is 0.538. The van der Waals surface area contributed by atoms with Gasteiger partial charge in [-0.1, -0.05) is 30.2 Å². The molecule has 2 aliphatic carbocycles. The highest BCUT2D eigenvalue weighted by molar-refractivity contribution is 5.50. The van der Waals surface area contributed by atoms with Gasteiger partial charge in [-0.3, -0.25) is 0 Å². The standard InChI is InChI=1S/C13H16/c1-4-6-8-12(7-5-2)10-13(12)9-11(13)3/h4,6H,3,8-10H2,1-2H3. The Kier molecular flexibility index (Phi) is 1.67. The van der Waals surface area contributed by atoms with Crippen molar-refractivity contribution in [3.63, 3.8) is 0 Å². The number of allylic oxidation sites excluding steroid dienone is 3. The van der Waals surface area contributed by atoms with Gasteiger partial charge in [-0.15, -0.1) is 5.92 Å². The molecule has 1 spiro atoms. The summed E-state index contributed by atoms with van der Waals surface area (Å²) in [5.74, 6) is 6.46. The molecular weight excluding hydrogens is 156 g/mol. The zero-order chi connectivity index (χ0) is 9.53. The average molecular weight is 172 g/mol. The molecule has 2 aliphatic rings. The minimum atomic E-state index is 0.283. The van der Waals surface area contributed by atoms with Gasteiger partial charge in [-0.2, -0.15) is 0 Å². The summed E-state index contributed by atoms with van der Waals surface area (Å²) in [6, 6.07) is 0. The Morgan fingerprint density at radius 2 is 2.31 bits per heavy atom. The second-order valence-corrected chi connectivity index (χ2v) is 4.27. The molecule has 0 aliphatic heterocycles. The van der Waals surface area contributed by atoms with Crippen LogP contribution in [-0.4, -0.2) is 0 Å². The van der Waals surface area contributed by atoms with E-state index in [0.717, 1.165) is 6.42 Å². The zero-order valence-electron chi connectivity index (χ0n) is 8.48. The minimum absolute atomic E-state index is 0.283. The third-order valence-corrected chi connectivity index (χ3v) is 3.53. The lowest BCUT2D eigenvalue weighted by Crippen LogP contribution is -1.99. The van der Waals surface area contributed by atoms with Gasteiger partial charge in [0.15, 0.2) is 0 Å². The lowest BCUT2D eigenvalue weighted by Gasteiger charge is -2.04. The molecular formula is C13H16. The summed E-state index contributed by atoms with van der Waals surface area (Å²) in [6.45, 7) is 8.09. The SMILES string of the molecule is C=C1CC12CC2(C#CC)CC=CC. The molecule has 0 aromatic heterocycles. The molecule has 0 heterocycles. The zero-order valence-corrected chi connectivity index (χ0v) is 8.48. The van der Waals surface area contributed by atoms with Crippen molar-refractivity contribution in [3.8, 4) is 11.8 Å². The summed E-state index contributed by atoms with van der Waals surface area (Å²) >= 11 is 0. The molecule has 68 valence electrons. The van der Waals surface area contributed by atoms with Gasteiger partial charge < -0.3 is 0 Å². The van der Waals surface area contributed by atoms with E-state index in [4.69, 9.17) is 0 Å². The highest BCUT2D eigenvalue weighted by atomic mass is 14.8. The van der Waals surface area contributed by atoms with Gasteiger partial charge in [0, 0.05) is 10.8 Å². The maximum atomic E-state index is 4.08. The van der Waals surface area contributed by atoms with Gasteiger partial charge in [-0.25, -0.2) is 0 Å². The first-order valence-corrected chi connectivity index (χ1v) is 4.94. The van der Waals surface area contributed by atoms with Gasteiger partial charge >= 0.3 is 0 Å². The Morgan fingerprint density at radius 1 is 1.62 bits per heavy atom. The molecule has 0 amide bonds. The third kappa shape index (κ3) is 1.000. The lowest BCUT2D eigenvalue weighted by atomic mass is 9.98. The maximum Gasteiger partial charge on any atom is 0.0454 e. The second kappa shape index (κ2) is 2.51. The molecule has 0 radical (unpaired) electrons. The average Bonchev–Trinajstić information content (AvgIpc) is 2.91. The Hall–Kier alpha value is -0.960. The van der Waals surface area contributed by atoms with E-state index in [1.54, 1.807) is 0 Å². The van der Waals surface area contributed by atoms with E-state index in [2.05, 4.69) is 37.5 Å². The monoisotopic (exact) mass is 172 g/mol. The van der Waals surface area contributed by atoms with Crippen LogP contribution in [-0.2, 0) is 0 Å². The van der Waals surface area contributed by atoms with Crippen LogP contribution in [0.1, 0.15) is 33.1 Å². The molecule has 13 heavy (non-hydrogen) atoms. The molecule has 2 rings (SSSR count). The molecule has 2 atom stereocenters. The molecule has 0 N–H and O–H groups in total. The van der Waals surface area contributed by atoms with E-state index in [0.29, 0.717) is 5.41 Å². The second-order valence-electron chi connectivity index (χ2n) is 4.27. The van der Waals surface area contributed by atoms with E-state index in [1.165, 1.54) is 18.4 Å². The summed E-state index contributed by atoms with van der Waals surface area (Å²) in [5, 5.41) is 0. The van der Waals surface area contributed by atoms with Gasteiger partial charge in [0.05, 0.1) is 0 Å². The molecule has 0 heteroatoms. The van der Waals surface area contributed by atoms with Crippen molar-refractivity contribution >= 4 is 0 Å². The van der Waals surface area contributed by atoms with Crippen LogP contribution in [0.4, 0.5) is 0 Å². The van der Waals surface area contributed by atoms with Gasteiger partial charge in [0.1, 0.15) is 0 Å². The molecule has 0 aromatic carbocycles. The minimum Gasteiger partial charge on any atom is -0.106 e. The first kappa shape index (κ1) is 8.63. The van der Waals surface area contributed by atoms with Crippen molar-refractivity contribution in [1.29, 1.82) is 0 Å². The highest BCUT2D eigenvalue weighted by Gasteiger charge is 2.75. The van der Waals surface area contributed by atoms with Crippen LogP contribution in [0.2, 0.25) is 0 Å². The van der Waals surface area contributed by atoms with Crippen LogP contribution < -0.4 is 0 Å². The van der Waals surface area contributed by atoms with Crippen molar-refractivity contribution in [1.82, 2.24) is 0 Å². The summed E-state index contributed by atoms with van der Waals surface area (Å²) in [6.07, 6.45) is 7.95. The first-order valence-electron chi connectivity index (χ1n) is 4.94. The van der Waals surface area contributed by atoms with E-state index < -0.39 is 0 Å². The van der Waals surface area contributed by atoms with Crippen LogP contribution in [0.25, 0.3) is 0 Å². The topological polar surface area (TPSA) is 0 Å². The molecule has 2 fully saturated rings. The van der Waals surface area contributed by atoms with E-state index >= 15 is 0 Å². The quantitative estimate of drug-likeness (QED) is 0.443. The summed E-state index contributed by atoms with van der Waals surface area (Å²) in [5.41, 5.74) is 2.17.